The number of carbonyl (C=O) groups is 1. The van der Waals surface area contributed by atoms with Gasteiger partial charge in [0.05, 0.1) is 0 Å². The second-order valence-corrected chi connectivity index (χ2v) is 4.41. The van der Waals surface area contributed by atoms with E-state index in [1.54, 1.807) is 0 Å². The summed E-state index contributed by atoms with van der Waals surface area (Å²) in [6.07, 6.45) is 4.28. The molecule has 70 valence electrons. The second-order valence-electron chi connectivity index (χ2n) is 4.41. The van der Waals surface area contributed by atoms with E-state index in [4.69, 9.17) is 0 Å². The van der Waals surface area contributed by atoms with E-state index in [1.165, 1.54) is 6.42 Å². The first kappa shape index (κ1) is 9.76. The number of hydrogen-bond donors (Lipinski definition) is 0. The van der Waals surface area contributed by atoms with Gasteiger partial charge in [-0.25, -0.2) is 0 Å². The Hall–Kier alpha value is -0.330. The summed E-state index contributed by atoms with van der Waals surface area (Å²) in [5, 5.41) is 0. The zero-order chi connectivity index (χ0) is 9.14. The molecule has 12 heavy (non-hydrogen) atoms. The van der Waals surface area contributed by atoms with Gasteiger partial charge >= 0.3 is 0 Å². The first-order valence-electron chi connectivity index (χ1n) is 5.17. The van der Waals surface area contributed by atoms with Gasteiger partial charge in [-0.1, -0.05) is 27.2 Å². The molecule has 1 rings (SSSR count). The Balaban J connectivity index is 2.52. The van der Waals surface area contributed by atoms with Crippen molar-refractivity contribution < 1.29 is 4.79 Å². The van der Waals surface area contributed by atoms with E-state index in [-0.39, 0.29) is 0 Å². The van der Waals surface area contributed by atoms with Crippen LogP contribution in [0, 0.1) is 17.8 Å². The van der Waals surface area contributed by atoms with Gasteiger partial charge in [0.25, 0.3) is 0 Å². The summed E-state index contributed by atoms with van der Waals surface area (Å²) in [6, 6.07) is 0. The molecule has 1 fully saturated rings. The Kier molecular flexibility index (Phi) is 3.30. The van der Waals surface area contributed by atoms with Gasteiger partial charge in [-0.3, -0.25) is 4.79 Å². The van der Waals surface area contributed by atoms with Crippen LogP contribution in [-0.4, -0.2) is 5.78 Å². The predicted octanol–water partition coefficient (Wildman–Crippen LogP) is 3.04. The molecule has 1 saturated carbocycles. The molecule has 0 heterocycles. The van der Waals surface area contributed by atoms with Gasteiger partial charge in [0.15, 0.2) is 0 Å². The van der Waals surface area contributed by atoms with Crippen LogP contribution in [0.2, 0.25) is 0 Å². The molecule has 0 aromatic carbocycles. The SMILES string of the molecule is CCC1CCC(=O)C1CC(C)C. The lowest BCUT2D eigenvalue weighted by Gasteiger charge is -2.18. The van der Waals surface area contributed by atoms with Gasteiger partial charge in [-0.15, -0.1) is 0 Å². The minimum absolute atomic E-state index is 0.398. The molecule has 0 spiro atoms. The molecule has 1 aliphatic carbocycles. The summed E-state index contributed by atoms with van der Waals surface area (Å²) in [7, 11) is 0. The van der Waals surface area contributed by atoms with Gasteiger partial charge in [-0.2, -0.15) is 0 Å². The normalized spacial score (nSPS) is 30.2. The van der Waals surface area contributed by atoms with Crippen LogP contribution in [0.1, 0.15) is 46.5 Å². The van der Waals surface area contributed by atoms with E-state index in [1.807, 2.05) is 0 Å². The van der Waals surface area contributed by atoms with Gasteiger partial charge < -0.3 is 0 Å². The van der Waals surface area contributed by atoms with Crippen LogP contribution in [0.4, 0.5) is 0 Å². The average Bonchev–Trinajstić information content (AvgIpc) is 2.32. The first-order chi connectivity index (χ1) is 5.65. The van der Waals surface area contributed by atoms with Crippen molar-refractivity contribution in [2.24, 2.45) is 17.8 Å². The minimum atomic E-state index is 0.398. The van der Waals surface area contributed by atoms with Gasteiger partial charge in [0, 0.05) is 12.3 Å². The lowest BCUT2D eigenvalue weighted by molar-refractivity contribution is -0.121. The fourth-order valence-corrected chi connectivity index (χ4v) is 2.30. The molecule has 1 nitrogen and oxygen atoms in total. The highest BCUT2D eigenvalue weighted by atomic mass is 16.1. The fraction of sp³-hybridized carbons (Fsp3) is 0.909. The van der Waals surface area contributed by atoms with Crippen molar-refractivity contribution in [3.8, 4) is 0 Å². The quantitative estimate of drug-likeness (QED) is 0.633. The van der Waals surface area contributed by atoms with Crippen molar-refractivity contribution in [1.29, 1.82) is 0 Å². The van der Waals surface area contributed by atoms with Crippen molar-refractivity contribution in [1.82, 2.24) is 0 Å². The van der Waals surface area contributed by atoms with Crippen molar-refractivity contribution >= 4 is 5.78 Å². The summed E-state index contributed by atoms with van der Waals surface area (Å²) in [6.45, 7) is 6.62. The molecular weight excluding hydrogens is 148 g/mol. The van der Waals surface area contributed by atoms with Crippen LogP contribution < -0.4 is 0 Å². The van der Waals surface area contributed by atoms with E-state index >= 15 is 0 Å². The molecule has 1 heteroatoms. The van der Waals surface area contributed by atoms with Crippen LogP contribution in [0.25, 0.3) is 0 Å². The average molecular weight is 168 g/mol. The molecule has 0 saturated heterocycles. The lowest BCUT2D eigenvalue weighted by atomic mass is 9.86. The van der Waals surface area contributed by atoms with Crippen LogP contribution >= 0.6 is 0 Å². The highest BCUT2D eigenvalue weighted by molar-refractivity contribution is 5.83. The molecule has 0 bridgehead atoms. The maximum Gasteiger partial charge on any atom is 0.136 e. The molecule has 2 atom stereocenters. The molecule has 0 aromatic rings. The zero-order valence-corrected chi connectivity index (χ0v) is 8.47. The Bertz CT molecular complexity index is 160. The molecule has 0 aliphatic heterocycles. The van der Waals surface area contributed by atoms with Crippen LogP contribution in [0.15, 0.2) is 0 Å². The second kappa shape index (κ2) is 4.06. The monoisotopic (exact) mass is 168 g/mol. The Morgan fingerprint density at radius 2 is 2.17 bits per heavy atom. The summed E-state index contributed by atoms with van der Waals surface area (Å²) in [5.41, 5.74) is 0. The number of carbonyl (C=O) groups excluding carboxylic acids is 1. The Morgan fingerprint density at radius 1 is 1.50 bits per heavy atom. The smallest absolute Gasteiger partial charge is 0.136 e. The third-order valence-corrected chi connectivity index (χ3v) is 2.99. The van der Waals surface area contributed by atoms with Gasteiger partial charge in [0.2, 0.25) is 0 Å². The summed E-state index contributed by atoms with van der Waals surface area (Å²) >= 11 is 0. The minimum Gasteiger partial charge on any atom is -0.299 e. The molecule has 0 amide bonds. The zero-order valence-electron chi connectivity index (χ0n) is 8.47. The van der Waals surface area contributed by atoms with E-state index in [0.717, 1.165) is 19.3 Å². The first-order valence-corrected chi connectivity index (χ1v) is 5.17. The van der Waals surface area contributed by atoms with Crippen LogP contribution in [0.3, 0.4) is 0 Å². The third-order valence-electron chi connectivity index (χ3n) is 2.99. The topological polar surface area (TPSA) is 17.1 Å². The van der Waals surface area contributed by atoms with Crippen LogP contribution in [0.5, 0.6) is 0 Å². The molecule has 1 aliphatic rings. The van der Waals surface area contributed by atoms with E-state index in [9.17, 15) is 4.79 Å². The number of hydrogen-bond acceptors (Lipinski definition) is 1. The Morgan fingerprint density at radius 3 is 2.67 bits per heavy atom. The largest absolute Gasteiger partial charge is 0.299 e. The molecule has 0 radical (unpaired) electrons. The van der Waals surface area contributed by atoms with Crippen molar-refractivity contribution in [3.63, 3.8) is 0 Å². The van der Waals surface area contributed by atoms with Crippen molar-refractivity contribution in [2.75, 3.05) is 0 Å². The number of Topliss-reactive ketones (excluding diaryl/α,β-unsaturated/α-hetero) is 1. The maximum atomic E-state index is 11.5. The van der Waals surface area contributed by atoms with Gasteiger partial charge in [0.1, 0.15) is 5.78 Å². The van der Waals surface area contributed by atoms with Crippen LogP contribution in [-0.2, 0) is 4.79 Å². The molecule has 0 aromatic heterocycles. The van der Waals surface area contributed by atoms with E-state index < -0.39 is 0 Å². The number of rotatable bonds is 3. The molecular formula is C11H20O. The summed E-state index contributed by atoms with van der Waals surface area (Å²) in [4.78, 5) is 11.5. The lowest BCUT2D eigenvalue weighted by Crippen LogP contribution is -2.16. The third kappa shape index (κ3) is 2.09. The highest BCUT2D eigenvalue weighted by Gasteiger charge is 2.33. The van der Waals surface area contributed by atoms with Crippen molar-refractivity contribution in [3.05, 3.63) is 0 Å². The Labute approximate surface area is 75.5 Å². The predicted molar refractivity (Wildman–Crippen MR) is 51.0 cm³/mol. The van der Waals surface area contributed by atoms with E-state index in [0.29, 0.717) is 23.5 Å². The standard InChI is InChI=1S/C11H20O/c1-4-9-5-6-11(12)10(9)7-8(2)3/h8-10H,4-7H2,1-3H3. The fourth-order valence-electron chi connectivity index (χ4n) is 2.30. The summed E-state index contributed by atoms with van der Waals surface area (Å²) in [5.74, 6) is 2.29. The van der Waals surface area contributed by atoms with Crippen molar-refractivity contribution in [2.45, 2.75) is 46.5 Å². The van der Waals surface area contributed by atoms with E-state index in [2.05, 4.69) is 20.8 Å². The van der Waals surface area contributed by atoms with Gasteiger partial charge in [-0.05, 0) is 24.7 Å². The molecule has 0 N–H and O–H groups in total. The highest BCUT2D eigenvalue weighted by Crippen LogP contribution is 2.35. The maximum absolute atomic E-state index is 11.5. The molecule has 2 unspecified atom stereocenters. The summed E-state index contributed by atoms with van der Waals surface area (Å²) < 4.78 is 0. The number of ketones is 1.